The second kappa shape index (κ2) is 6.82. The summed E-state index contributed by atoms with van der Waals surface area (Å²) in [6.07, 6.45) is 6.14. The van der Waals surface area contributed by atoms with Crippen LogP contribution in [-0.4, -0.2) is 26.3 Å². The largest absolute Gasteiger partial charge is 0.506 e. The molecule has 0 unspecified atom stereocenters. The molecular formula is C17H20N4O3. The van der Waals surface area contributed by atoms with Crippen LogP contribution in [-0.2, 0) is 0 Å². The highest BCUT2D eigenvalue weighted by molar-refractivity contribution is 5.77. The van der Waals surface area contributed by atoms with Crippen molar-refractivity contribution in [1.82, 2.24) is 9.78 Å². The SMILES string of the molecule is Cc1nn(C2CCCCC2)c(O)c1/N=N/c1ccc(C=O)cc1O. The maximum absolute atomic E-state index is 10.7. The Morgan fingerprint density at radius 1 is 1.21 bits per heavy atom. The average Bonchev–Trinajstić information content (AvgIpc) is 2.89. The van der Waals surface area contributed by atoms with Gasteiger partial charge in [0.2, 0.25) is 5.88 Å². The molecule has 0 radical (unpaired) electrons. The van der Waals surface area contributed by atoms with Crippen LogP contribution in [0.3, 0.4) is 0 Å². The fraction of sp³-hybridized carbons (Fsp3) is 0.412. The monoisotopic (exact) mass is 328 g/mol. The van der Waals surface area contributed by atoms with Crippen molar-refractivity contribution in [3.63, 3.8) is 0 Å². The molecule has 126 valence electrons. The molecule has 0 atom stereocenters. The topological polar surface area (TPSA) is 100 Å². The lowest BCUT2D eigenvalue weighted by Gasteiger charge is -2.22. The van der Waals surface area contributed by atoms with Crippen molar-refractivity contribution >= 4 is 17.7 Å². The molecule has 0 saturated heterocycles. The molecule has 1 saturated carbocycles. The van der Waals surface area contributed by atoms with Gasteiger partial charge in [-0.15, -0.1) is 10.2 Å². The van der Waals surface area contributed by atoms with Gasteiger partial charge in [0.25, 0.3) is 0 Å². The van der Waals surface area contributed by atoms with E-state index < -0.39 is 0 Å². The number of aromatic nitrogens is 2. The fourth-order valence-electron chi connectivity index (χ4n) is 3.03. The number of azo groups is 1. The molecule has 2 aromatic rings. The molecular weight excluding hydrogens is 308 g/mol. The van der Waals surface area contributed by atoms with E-state index >= 15 is 0 Å². The lowest BCUT2D eigenvalue weighted by atomic mass is 9.96. The van der Waals surface area contributed by atoms with Crippen LogP contribution < -0.4 is 0 Å². The number of hydrogen-bond donors (Lipinski definition) is 2. The third-order valence-corrected chi connectivity index (χ3v) is 4.34. The highest BCUT2D eigenvalue weighted by Crippen LogP contribution is 2.38. The number of carbonyl (C=O) groups is 1. The fourth-order valence-corrected chi connectivity index (χ4v) is 3.03. The molecule has 1 aliphatic carbocycles. The van der Waals surface area contributed by atoms with E-state index in [2.05, 4.69) is 15.3 Å². The van der Waals surface area contributed by atoms with Gasteiger partial charge in [-0.05, 0) is 38.0 Å². The van der Waals surface area contributed by atoms with Gasteiger partial charge in [0.15, 0.2) is 5.69 Å². The zero-order valence-electron chi connectivity index (χ0n) is 13.5. The van der Waals surface area contributed by atoms with E-state index in [1.165, 1.54) is 18.6 Å². The second-order valence-electron chi connectivity index (χ2n) is 6.06. The summed E-state index contributed by atoms with van der Waals surface area (Å²) in [6.45, 7) is 1.77. The van der Waals surface area contributed by atoms with Crippen LogP contribution in [0.2, 0.25) is 0 Å². The number of phenols is 1. The molecule has 1 aromatic heterocycles. The minimum atomic E-state index is -0.139. The third kappa shape index (κ3) is 3.15. The summed E-state index contributed by atoms with van der Waals surface area (Å²) in [7, 11) is 0. The number of carbonyl (C=O) groups excluding carboxylic acids is 1. The number of aldehydes is 1. The molecule has 0 bridgehead atoms. The summed E-state index contributed by atoms with van der Waals surface area (Å²) >= 11 is 0. The quantitative estimate of drug-likeness (QED) is 0.644. The van der Waals surface area contributed by atoms with E-state index in [1.807, 2.05) is 0 Å². The van der Waals surface area contributed by atoms with Crippen LogP contribution in [0.5, 0.6) is 11.6 Å². The molecule has 0 aliphatic heterocycles. The summed E-state index contributed by atoms with van der Waals surface area (Å²) in [6, 6.07) is 4.56. The summed E-state index contributed by atoms with van der Waals surface area (Å²) < 4.78 is 1.64. The van der Waals surface area contributed by atoms with E-state index in [4.69, 9.17) is 0 Å². The Morgan fingerprint density at radius 3 is 2.62 bits per heavy atom. The highest BCUT2D eigenvalue weighted by Gasteiger charge is 2.23. The number of benzene rings is 1. The molecule has 7 heteroatoms. The first kappa shape index (κ1) is 16.2. The van der Waals surface area contributed by atoms with Gasteiger partial charge in [-0.25, -0.2) is 4.68 Å². The van der Waals surface area contributed by atoms with E-state index in [9.17, 15) is 15.0 Å². The molecule has 1 fully saturated rings. The Bertz CT molecular complexity index is 776. The van der Waals surface area contributed by atoms with Crippen LogP contribution in [0.1, 0.15) is 54.2 Å². The predicted octanol–water partition coefficient (Wildman–Crippen LogP) is 4.34. The molecule has 1 aliphatic rings. The van der Waals surface area contributed by atoms with Crippen LogP contribution in [0, 0.1) is 6.92 Å². The van der Waals surface area contributed by atoms with Gasteiger partial charge in [-0.1, -0.05) is 19.3 Å². The van der Waals surface area contributed by atoms with Crippen LogP contribution in [0.15, 0.2) is 28.4 Å². The van der Waals surface area contributed by atoms with Crippen molar-refractivity contribution in [3.8, 4) is 11.6 Å². The van der Waals surface area contributed by atoms with Crippen molar-refractivity contribution in [2.24, 2.45) is 10.2 Å². The lowest BCUT2D eigenvalue weighted by Crippen LogP contribution is -2.13. The summed E-state index contributed by atoms with van der Waals surface area (Å²) in [5.41, 5.74) is 1.48. The number of aromatic hydroxyl groups is 2. The number of aryl methyl sites for hydroxylation is 1. The highest BCUT2D eigenvalue weighted by atomic mass is 16.3. The Morgan fingerprint density at radius 2 is 1.96 bits per heavy atom. The molecule has 0 spiro atoms. The van der Waals surface area contributed by atoms with Crippen molar-refractivity contribution in [1.29, 1.82) is 0 Å². The number of hydrogen-bond acceptors (Lipinski definition) is 6. The first-order chi connectivity index (χ1) is 11.6. The molecule has 1 heterocycles. The van der Waals surface area contributed by atoms with Crippen molar-refractivity contribution in [2.75, 3.05) is 0 Å². The van der Waals surface area contributed by atoms with Gasteiger partial charge in [0.05, 0.1) is 11.7 Å². The van der Waals surface area contributed by atoms with Crippen molar-refractivity contribution in [2.45, 2.75) is 45.1 Å². The maximum Gasteiger partial charge on any atom is 0.238 e. The standard InChI is InChI=1S/C17H20N4O3/c1-11-16(17(24)21(20-11)13-5-3-2-4-6-13)19-18-14-8-7-12(10-22)9-15(14)23/h7-10,13,23-24H,2-6H2,1H3/b19-18+. The maximum atomic E-state index is 10.7. The summed E-state index contributed by atoms with van der Waals surface area (Å²) in [4.78, 5) is 10.7. The van der Waals surface area contributed by atoms with Gasteiger partial charge in [-0.2, -0.15) is 5.10 Å². The van der Waals surface area contributed by atoms with Crippen molar-refractivity contribution < 1.29 is 15.0 Å². The smallest absolute Gasteiger partial charge is 0.238 e. The van der Waals surface area contributed by atoms with E-state index in [1.54, 1.807) is 17.7 Å². The minimum absolute atomic E-state index is 0.00662. The van der Waals surface area contributed by atoms with Gasteiger partial charge in [-0.3, -0.25) is 4.79 Å². The van der Waals surface area contributed by atoms with Crippen LogP contribution >= 0.6 is 0 Å². The number of rotatable bonds is 4. The summed E-state index contributed by atoms with van der Waals surface area (Å²) in [5.74, 6) is -0.132. The second-order valence-corrected chi connectivity index (χ2v) is 6.06. The lowest BCUT2D eigenvalue weighted by molar-refractivity contribution is 0.112. The van der Waals surface area contributed by atoms with E-state index in [0.29, 0.717) is 23.2 Å². The Balaban J connectivity index is 1.87. The number of nitrogens with zero attached hydrogens (tertiary/aromatic N) is 4. The molecule has 0 amide bonds. The van der Waals surface area contributed by atoms with Crippen LogP contribution in [0.25, 0.3) is 0 Å². The molecule has 7 nitrogen and oxygen atoms in total. The number of phenolic OH excluding ortho intramolecular Hbond substituents is 1. The van der Waals surface area contributed by atoms with E-state index in [0.717, 1.165) is 25.7 Å². The van der Waals surface area contributed by atoms with Gasteiger partial charge in [0, 0.05) is 5.56 Å². The van der Waals surface area contributed by atoms with Gasteiger partial charge >= 0.3 is 0 Å². The third-order valence-electron chi connectivity index (χ3n) is 4.34. The first-order valence-electron chi connectivity index (χ1n) is 8.08. The Kier molecular flexibility index (Phi) is 4.59. The zero-order chi connectivity index (χ0) is 17.1. The molecule has 3 rings (SSSR count). The zero-order valence-corrected chi connectivity index (χ0v) is 13.5. The molecule has 1 aromatic carbocycles. The van der Waals surface area contributed by atoms with Crippen molar-refractivity contribution in [3.05, 3.63) is 29.5 Å². The molecule has 2 N–H and O–H groups in total. The molecule has 24 heavy (non-hydrogen) atoms. The average molecular weight is 328 g/mol. The minimum Gasteiger partial charge on any atom is -0.506 e. The Hall–Kier alpha value is -2.70. The first-order valence-corrected chi connectivity index (χ1v) is 8.08. The van der Waals surface area contributed by atoms with Gasteiger partial charge < -0.3 is 10.2 Å². The normalized spacial score (nSPS) is 15.9. The van der Waals surface area contributed by atoms with E-state index in [-0.39, 0.29) is 23.4 Å². The Labute approximate surface area is 139 Å². The van der Waals surface area contributed by atoms with Crippen LogP contribution in [0.4, 0.5) is 11.4 Å². The summed E-state index contributed by atoms with van der Waals surface area (Å²) in [5, 5.41) is 32.7. The predicted molar refractivity (Wildman–Crippen MR) is 88.4 cm³/mol. The van der Waals surface area contributed by atoms with Gasteiger partial charge in [0.1, 0.15) is 17.7 Å².